The summed E-state index contributed by atoms with van der Waals surface area (Å²) >= 11 is 0. The van der Waals surface area contributed by atoms with Crippen LogP contribution in [0.25, 0.3) is 0 Å². The van der Waals surface area contributed by atoms with Gasteiger partial charge in [0.15, 0.2) is 0 Å². The van der Waals surface area contributed by atoms with E-state index in [9.17, 15) is 0 Å². The van der Waals surface area contributed by atoms with Crippen molar-refractivity contribution in [2.45, 2.75) is 38.1 Å². The van der Waals surface area contributed by atoms with E-state index in [2.05, 4.69) is 11.9 Å². The summed E-state index contributed by atoms with van der Waals surface area (Å²) in [6.07, 6.45) is 5.64. The van der Waals surface area contributed by atoms with Gasteiger partial charge in [-0.1, -0.05) is 19.8 Å². The monoisotopic (exact) mass is 173 g/mol. The lowest BCUT2D eigenvalue weighted by atomic mass is 10.4. The minimum absolute atomic E-state index is 0.903. The summed E-state index contributed by atoms with van der Waals surface area (Å²) in [4.78, 5) is 3.49. The van der Waals surface area contributed by atoms with Gasteiger partial charge in [0.1, 0.15) is 0 Å². The van der Waals surface area contributed by atoms with Gasteiger partial charge in [0, 0.05) is 7.11 Å². The average Bonchev–Trinajstić information content (AvgIpc) is 2.52. The van der Waals surface area contributed by atoms with E-state index in [1.54, 1.807) is 0 Å². The zero-order valence-corrected chi connectivity index (χ0v) is 8.75. The molecule has 11 heavy (non-hydrogen) atoms. The molecule has 1 unspecified atom stereocenters. The van der Waals surface area contributed by atoms with E-state index in [-0.39, 0.29) is 0 Å². The zero-order chi connectivity index (χ0) is 8.10. The highest BCUT2D eigenvalue weighted by molar-refractivity contribution is 6.50. The van der Waals surface area contributed by atoms with Gasteiger partial charge >= 0.3 is 0 Å². The van der Waals surface area contributed by atoms with E-state index in [0.717, 1.165) is 12.1 Å². The Hall–Kier alpha value is 0.137. The lowest BCUT2D eigenvalue weighted by Gasteiger charge is -2.19. The topological polar surface area (TPSA) is 21.3 Å². The number of rotatable bonds is 4. The molecule has 0 aromatic rings. The first-order valence-corrected chi connectivity index (χ1v) is 6.36. The van der Waals surface area contributed by atoms with Crippen molar-refractivity contribution in [2.24, 2.45) is 0 Å². The van der Waals surface area contributed by atoms with E-state index in [1.807, 2.05) is 7.11 Å². The fourth-order valence-corrected chi connectivity index (χ4v) is 4.27. The first-order chi connectivity index (χ1) is 5.38. The van der Waals surface area contributed by atoms with Crippen molar-refractivity contribution in [1.82, 2.24) is 4.98 Å². The van der Waals surface area contributed by atoms with Crippen molar-refractivity contribution in [2.75, 3.05) is 13.7 Å². The Morgan fingerprint density at radius 2 is 2.09 bits per heavy atom. The van der Waals surface area contributed by atoms with Crippen LogP contribution in [0.5, 0.6) is 0 Å². The molecule has 1 atom stereocenters. The van der Waals surface area contributed by atoms with Crippen LogP contribution in [0.3, 0.4) is 0 Å². The summed E-state index contributed by atoms with van der Waals surface area (Å²) in [5.41, 5.74) is 0.903. The molecule has 66 valence electrons. The molecular formula is C8H19NOSi. The normalized spacial score (nSPS) is 22.4. The molecular weight excluding hydrogens is 154 g/mol. The fourth-order valence-electron chi connectivity index (χ4n) is 1.90. The van der Waals surface area contributed by atoms with Gasteiger partial charge in [0.25, 0.3) is 9.20 Å². The molecule has 0 spiro atoms. The van der Waals surface area contributed by atoms with E-state index in [4.69, 9.17) is 4.43 Å². The summed E-state index contributed by atoms with van der Waals surface area (Å²) in [6.45, 7) is 3.23. The highest BCUT2D eigenvalue weighted by Gasteiger charge is 2.25. The van der Waals surface area contributed by atoms with E-state index in [0.29, 0.717) is 0 Å². The maximum Gasteiger partial charge on any atom is 0.254 e. The zero-order valence-electron chi connectivity index (χ0n) is 7.60. The van der Waals surface area contributed by atoms with Crippen molar-refractivity contribution in [1.29, 1.82) is 0 Å². The predicted octanol–water partition coefficient (Wildman–Crippen LogP) is 1.41. The lowest BCUT2D eigenvalue weighted by molar-refractivity contribution is 0.393. The van der Waals surface area contributed by atoms with Crippen LogP contribution in [0.1, 0.15) is 32.6 Å². The van der Waals surface area contributed by atoms with Crippen molar-refractivity contribution >= 4 is 9.20 Å². The lowest BCUT2D eigenvalue weighted by Crippen LogP contribution is -2.39. The summed E-state index contributed by atoms with van der Waals surface area (Å²) in [5, 5.41) is 0. The third-order valence-corrected chi connectivity index (χ3v) is 5.33. The third kappa shape index (κ3) is 2.58. The molecule has 0 aromatic carbocycles. The van der Waals surface area contributed by atoms with Crippen LogP contribution in [-0.4, -0.2) is 22.9 Å². The average molecular weight is 173 g/mol. The van der Waals surface area contributed by atoms with Crippen LogP contribution in [0.15, 0.2) is 0 Å². The molecule has 0 aliphatic heterocycles. The molecule has 0 amide bonds. The Bertz CT molecular complexity index is 104. The van der Waals surface area contributed by atoms with E-state index in [1.165, 1.54) is 25.7 Å². The van der Waals surface area contributed by atoms with Gasteiger partial charge in [-0.25, -0.2) is 0 Å². The molecule has 1 fully saturated rings. The maximum absolute atomic E-state index is 5.50. The molecule has 1 aliphatic rings. The van der Waals surface area contributed by atoms with Gasteiger partial charge in [-0.05, 0) is 24.9 Å². The van der Waals surface area contributed by atoms with Crippen molar-refractivity contribution in [3.05, 3.63) is 0 Å². The van der Waals surface area contributed by atoms with Gasteiger partial charge in [-0.15, -0.1) is 0 Å². The van der Waals surface area contributed by atoms with Crippen LogP contribution in [0, 0.1) is 0 Å². The molecule has 0 bridgehead atoms. The van der Waals surface area contributed by atoms with Crippen LogP contribution < -0.4 is 4.98 Å². The first kappa shape index (κ1) is 9.23. The Morgan fingerprint density at radius 1 is 1.45 bits per heavy atom. The molecule has 0 heterocycles. The second kappa shape index (κ2) is 4.90. The fraction of sp³-hybridized carbons (Fsp3) is 1.00. The van der Waals surface area contributed by atoms with Crippen molar-refractivity contribution < 1.29 is 4.43 Å². The Kier molecular flexibility index (Phi) is 4.11. The van der Waals surface area contributed by atoms with Crippen molar-refractivity contribution in [3.63, 3.8) is 0 Å². The standard InChI is InChI=1S/C8H19NOSi/c1-3-9-11(10-2)8-6-4-5-7-8/h8-9,11H,3-7H2,1-2H3. The van der Waals surface area contributed by atoms with Crippen LogP contribution in [0.2, 0.25) is 5.54 Å². The van der Waals surface area contributed by atoms with Gasteiger partial charge in [-0.3, -0.25) is 0 Å². The van der Waals surface area contributed by atoms with Crippen LogP contribution >= 0.6 is 0 Å². The van der Waals surface area contributed by atoms with Crippen LogP contribution in [-0.2, 0) is 4.43 Å². The Morgan fingerprint density at radius 3 is 2.55 bits per heavy atom. The molecule has 1 N–H and O–H groups in total. The highest BCUT2D eigenvalue weighted by Crippen LogP contribution is 2.31. The predicted molar refractivity (Wildman–Crippen MR) is 50.1 cm³/mol. The molecule has 1 saturated carbocycles. The molecule has 1 rings (SSSR count). The summed E-state index contributed by atoms with van der Waals surface area (Å²) < 4.78 is 5.50. The largest absolute Gasteiger partial charge is 0.409 e. The highest BCUT2D eigenvalue weighted by atomic mass is 28.3. The van der Waals surface area contributed by atoms with Gasteiger partial charge in [0.2, 0.25) is 0 Å². The van der Waals surface area contributed by atoms with E-state index >= 15 is 0 Å². The molecule has 1 aliphatic carbocycles. The summed E-state index contributed by atoms with van der Waals surface area (Å²) in [5.74, 6) is 0. The Labute approximate surface area is 71.1 Å². The summed E-state index contributed by atoms with van der Waals surface area (Å²) in [7, 11) is 0.844. The van der Waals surface area contributed by atoms with Gasteiger partial charge < -0.3 is 9.41 Å². The first-order valence-electron chi connectivity index (χ1n) is 4.64. The van der Waals surface area contributed by atoms with Gasteiger partial charge in [0.05, 0.1) is 0 Å². The second-order valence-corrected chi connectivity index (χ2v) is 5.92. The quantitative estimate of drug-likeness (QED) is 0.649. The number of hydrogen-bond donors (Lipinski definition) is 1. The SMILES string of the molecule is CCN[SiH](OC)C1CCCC1. The molecule has 0 radical (unpaired) electrons. The Balaban J connectivity index is 2.27. The van der Waals surface area contributed by atoms with Gasteiger partial charge in [-0.2, -0.15) is 0 Å². The number of nitrogens with one attached hydrogen (secondary N) is 1. The van der Waals surface area contributed by atoms with Crippen LogP contribution in [0.4, 0.5) is 0 Å². The molecule has 3 heteroatoms. The molecule has 0 aromatic heterocycles. The molecule has 0 saturated heterocycles. The van der Waals surface area contributed by atoms with Crippen molar-refractivity contribution in [3.8, 4) is 0 Å². The minimum Gasteiger partial charge on any atom is -0.409 e. The smallest absolute Gasteiger partial charge is 0.254 e. The van der Waals surface area contributed by atoms with E-state index < -0.39 is 9.20 Å². The minimum atomic E-state index is -1.02. The number of hydrogen-bond acceptors (Lipinski definition) is 2. The second-order valence-electron chi connectivity index (χ2n) is 3.26. The third-order valence-electron chi connectivity index (χ3n) is 2.49. The maximum atomic E-state index is 5.50. The summed E-state index contributed by atoms with van der Waals surface area (Å²) in [6, 6.07) is 0. The molecule has 2 nitrogen and oxygen atoms in total.